The molecular formula is C23H16Cl2F3N3O. The predicted octanol–water partition coefficient (Wildman–Crippen LogP) is 6.92. The Hall–Kier alpha value is -2.64. The molecule has 1 aliphatic heterocycles. The predicted molar refractivity (Wildman–Crippen MR) is 117 cm³/mol. The van der Waals surface area contributed by atoms with Gasteiger partial charge in [0.2, 0.25) is 0 Å². The number of nitrogens with zero attached hydrogens (tertiary/aromatic N) is 3. The van der Waals surface area contributed by atoms with Gasteiger partial charge in [-0.05, 0) is 42.2 Å². The van der Waals surface area contributed by atoms with Crippen LogP contribution in [0.2, 0.25) is 10.0 Å². The maximum atomic E-state index is 13.7. The van der Waals surface area contributed by atoms with Crippen molar-refractivity contribution in [2.45, 2.75) is 31.5 Å². The van der Waals surface area contributed by atoms with Crippen LogP contribution in [-0.2, 0) is 11.0 Å². The first-order chi connectivity index (χ1) is 15.3. The highest BCUT2D eigenvalue weighted by Gasteiger charge is 2.43. The number of hydrogen-bond acceptors (Lipinski definition) is 3. The van der Waals surface area contributed by atoms with Gasteiger partial charge in [-0.2, -0.15) is 18.3 Å². The third-order valence-corrected chi connectivity index (χ3v) is 6.71. The highest BCUT2D eigenvalue weighted by atomic mass is 35.5. The Morgan fingerprint density at radius 3 is 2.53 bits per heavy atom. The van der Waals surface area contributed by atoms with Crippen molar-refractivity contribution in [3.8, 4) is 11.1 Å². The summed E-state index contributed by atoms with van der Waals surface area (Å²) >= 11 is 12.3. The normalized spacial score (nSPS) is 20.5. The van der Waals surface area contributed by atoms with E-state index in [4.69, 9.17) is 23.2 Å². The van der Waals surface area contributed by atoms with E-state index in [1.807, 2.05) is 0 Å². The van der Waals surface area contributed by atoms with Gasteiger partial charge in [-0.25, -0.2) is 9.67 Å². The molecule has 9 heteroatoms. The molecule has 1 saturated carbocycles. The van der Waals surface area contributed by atoms with Gasteiger partial charge in [0, 0.05) is 17.7 Å². The van der Waals surface area contributed by atoms with Crippen molar-refractivity contribution in [1.29, 1.82) is 0 Å². The molecule has 2 aromatic carbocycles. The fraction of sp³-hybridized carbons (Fsp3) is 0.261. The van der Waals surface area contributed by atoms with Crippen LogP contribution >= 0.6 is 23.2 Å². The summed E-state index contributed by atoms with van der Waals surface area (Å²) in [6.45, 7) is 0. The molecule has 0 amide bonds. The number of carbonyl (C=O) groups excluding carboxylic acids is 1. The fourth-order valence-electron chi connectivity index (χ4n) is 4.56. The Morgan fingerprint density at radius 2 is 1.78 bits per heavy atom. The number of hydrogen-bond donors (Lipinski definition) is 0. The van der Waals surface area contributed by atoms with Crippen molar-refractivity contribution >= 4 is 40.5 Å². The van der Waals surface area contributed by atoms with Crippen molar-refractivity contribution in [1.82, 2.24) is 9.78 Å². The molecule has 2 aliphatic rings. The Balaban J connectivity index is 1.73. The zero-order chi connectivity index (χ0) is 22.6. The summed E-state index contributed by atoms with van der Waals surface area (Å²) in [7, 11) is 0. The van der Waals surface area contributed by atoms with Crippen LogP contribution in [-0.4, -0.2) is 21.3 Å². The lowest BCUT2D eigenvalue weighted by atomic mass is 9.77. The van der Waals surface area contributed by atoms with Crippen LogP contribution in [0.25, 0.3) is 11.1 Å². The molecule has 2 atom stereocenters. The molecule has 2 unspecified atom stereocenters. The second-order valence-corrected chi connectivity index (χ2v) is 8.70. The molecule has 3 aromatic rings. The van der Waals surface area contributed by atoms with E-state index in [1.54, 1.807) is 28.9 Å². The summed E-state index contributed by atoms with van der Waals surface area (Å²) < 4.78 is 42.6. The second-order valence-electron chi connectivity index (χ2n) is 7.89. The maximum absolute atomic E-state index is 13.7. The van der Waals surface area contributed by atoms with Crippen molar-refractivity contribution in [2.75, 3.05) is 0 Å². The van der Waals surface area contributed by atoms with Gasteiger partial charge >= 0.3 is 6.18 Å². The van der Waals surface area contributed by atoms with E-state index < -0.39 is 23.7 Å². The van der Waals surface area contributed by atoms with Crippen molar-refractivity contribution < 1.29 is 18.0 Å². The number of Topliss-reactive ketones (excluding diaryl/α,β-unsaturated/α-hetero) is 1. The first-order valence-corrected chi connectivity index (χ1v) is 10.8. The molecule has 1 aliphatic carbocycles. The standard InChI is InChI=1S/C23H16Cl2F3N3O/c24-16-9-8-12(10-17(16)25)21-20-18(6-3-7-19(20)32)30-22-14(11-29-31(21)22)13-4-1-2-5-15(13)23(26,27)28/h1-2,4-5,8-11,20-21H,3,6-7H2. The average molecular weight is 478 g/mol. The van der Waals surface area contributed by atoms with Crippen molar-refractivity contribution in [3.63, 3.8) is 0 Å². The lowest BCUT2D eigenvalue weighted by molar-refractivity contribution is -0.137. The van der Waals surface area contributed by atoms with Gasteiger partial charge in [-0.1, -0.05) is 47.5 Å². The molecule has 0 spiro atoms. The van der Waals surface area contributed by atoms with E-state index in [0.717, 1.165) is 6.07 Å². The van der Waals surface area contributed by atoms with Gasteiger partial charge in [0.05, 0.1) is 33.8 Å². The van der Waals surface area contributed by atoms with Crippen LogP contribution in [0.4, 0.5) is 19.0 Å². The minimum atomic E-state index is -4.53. The summed E-state index contributed by atoms with van der Waals surface area (Å²) in [6.07, 6.45) is -1.47. The van der Waals surface area contributed by atoms with Gasteiger partial charge in [-0.15, -0.1) is 0 Å². The van der Waals surface area contributed by atoms with Crippen LogP contribution in [0.3, 0.4) is 0 Å². The number of halogens is 5. The summed E-state index contributed by atoms with van der Waals surface area (Å²) in [5, 5.41) is 5.10. The molecule has 4 nitrogen and oxygen atoms in total. The molecule has 5 rings (SSSR count). The van der Waals surface area contributed by atoms with E-state index >= 15 is 0 Å². The molecule has 0 N–H and O–H groups in total. The number of alkyl halides is 3. The maximum Gasteiger partial charge on any atom is 0.417 e. The molecular weight excluding hydrogens is 462 g/mol. The van der Waals surface area contributed by atoms with Gasteiger partial charge in [0.1, 0.15) is 5.78 Å². The molecule has 2 heterocycles. The highest BCUT2D eigenvalue weighted by Crippen LogP contribution is 2.47. The summed E-state index contributed by atoms with van der Waals surface area (Å²) in [4.78, 5) is 17.6. The zero-order valence-electron chi connectivity index (χ0n) is 16.5. The van der Waals surface area contributed by atoms with Gasteiger partial charge < -0.3 is 0 Å². The molecule has 0 radical (unpaired) electrons. The Bertz CT molecular complexity index is 1270. The molecule has 0 bridgehead atoms. The minimum Gasteiger partial charge on any atom is -0.299 e. The number of rotatable bonds is 2. The number of aromatic nitrogens is 2. The SMILES string of the molecule is O=C1CCCC2=Nc3c(-c4ccccc4C(F)(F)F)cnn3C(c3ccc(Cl)c(Cl)c3)C12. The largest absolute Gasteiger partial charge is 0.417 e. The van der Waals surface area contributed by atoms with Crippen LogP contribution in [0.5, 0.6) is 0 Å². The van der Waals surface area contributed by atoms with E-state index in [0.29, 0.717) is 46.4 Å². The van der Waals surface area contributed by atoms with Crippen LogP contribution in [0.15, 0.2) is 53.7 Å². The van der Waals surface area contributed by atoms with E-state index in [2.05, 4.69) is 10.1 Å². The first kappa shape index (κ1) is 21.2. The Labute approximate surface area is 191 Å². The van der Waals surface area contributed by atoms with Crippen molar-refractivity contribution in [3.05, 3.63) is 69.8 Å². The third-order valence-electron chi connectivity index (χ3n) is 5.97. The molecule has 164 valence electrons. The number of aliphatic imine (C=N–C) groups is 1. The molecule has 1 fully saturated rings. The van der Waals surface area contributed by atoms with Gasteiger partial charge in [0.25, 0.3) is 0 Å². The minimum absolute atomic E-state index is 0.000857. The quantitative estimate of drug-likeness (QED) is 0.402. The number of fused-ring (bicyclic) bond motifs is 2. The Kier molecular flexibility index (Phi) is 5.13. The fourth-order valence-corrected chi connectivity index (χ4v) is 4.86. The zero-order valence-corrected chi connectivity index (χ0v) is 18.0. The first-order valence-electron chi connectivity index (χ1n) is 10.0. The second kappa shape index (κ2) is 7.74. The summed E-state index contributed by atoms with van der Waals surface area (Å²) in [5.41, 5.74) is 0.873. The number of ketones is 1. The average Bonchev–Trinajstić information content (AvgIpc) is 3.17. The molecule has 32 heavy (non-hydrogen) atoms. The van der Waals surface area contributed by atoms with E-state index in [-0.39, 0.29) is 16.9 Å². The van der Waals surface area contributed by atoms with E-state index in [9.17, 15) is 18.0 Å². The highest BCUT2D eigenvalue weighted by molar-refractivity contribution is 6.42. The van der Waals surface area contributed by atoms with Crippen LogP contribution in [0, 0.1) is 5.92 Å². The summed E-state index contributed by atoms with van der Waals surface area (Å²) in [6, 6.07) is 9.86. The summed E-state index contributed by atoms with van der Waals surface area (Å²) in [5.74, 6) is -0.206. The van der Waals surface area contributed by atoms with Gasteiger partial charge in [-0.3, -0.25) is 4.79 Å². The lowest BCUT2D eigenvalue weighted by Crippen LogP contribution is -2.39. The monoisotopic (exact) mass is 477 g/mol. The smallest absolute Gasteiger partial charge is 0.299 e. The number of benzene rings is 2. The van der Waals surface area contributed by atoms with Crippen LogP contribution in [0.1, 0.15) is 36.4 Å². The molecule has 1 aromatic heterocycles. The number of carbonyl (C=O) groups is 1. The Morgan fingerprint density at radius 1 is 1.00 bits per heavy atom. The van der Waals surface area contributed by atoms with E-state index in [1.165, 1.54) is 18.3 Å². The lowest BCUT2D eigenvalue weighted by Gasteiger charge is -2.35. The topological polar surface area (TPSA) is 47.2 Å². The molecule has 0 saturated heterocycles. The van der Waals surface area contributed by atoms with Gasteiger partial charge in [0.15, 0.2) is 5.82 Å². The van der Waals surface area contributed by atoms with Crippen LogP contribution < -0.4 is 0 Å². The third kappa shape index (κ3) is 3.44. The van der Waals surface area contributed by atoms with Crippen molar-refractivity contribution in [2.24, 2.45) is 10.9 Å².